The molecule has 0 amide bonds. The molecule has 2 aliphatic rings. The van der Waals surface area contributed by atoms with Gasteiger partial charge in [-0.3, -0.25) is 4.79 Å². The van der Waals surface area contributed by atoms with Crippen LogP contribution < -0.4 is 0 Å². The summed E-state index contributed by atoms with van der Waals surface area (Å²) in [5.41, 5.74) is -1.08. The molecular weight excluding hydrogens is 567 g/mol. The van der Waals surface area contributed by atoms with E-state index in [1.54, 1.807) is 26.8 Å². The lowest BCUT2D eigenvalue weighted by atomic mass is 9.97. The number of benzene rings is 1. The minimum absolute atomic E-state index is 0.0549. The number of amidine groups is 1. The molecule has 2 aliphatic heterocycles. The van der Waals surface area contributed by atoms with Gasteiger partial charge in [0.2, 0.25) is 0 Å². The number of nitrogens with zero attached hydrogens (tertiary/aromatic N) is 3. The molecule has 0 aromatic heterocycles. The van der Waals surface area contributed by atoms with Crippen molar-refractivity contribution in [3.8, 4) is 0 Å². The standard InChI is InChI=1S/C19H17ClF2IN3O4S/c1-19(2,3)18(27)30-15-14-17(26(7-6-24-14)9-13(21)22)25-31(28,29)16(15)11-5-4-10(23)8-12(11)20/h4-8,13H,9H2,1-3H3. The first-order valence-corrected chi connectivity index (χ1v) is 11.8. The van der Waals surface area contributed by atoms with E-state index in [9.17, 15) is 22.0 Å². The fourth-order valence-electron chi connectivity index (χ4n) is 2.66. The normalized spacial score (nSPS) is 18.0. The summed E-state index contributed by atoms with van der Waals surface area (Å²) in [6.45, 7) is 3.95. The Labute approximate surface area is 196 Å². The van der Waals surface area contributed by atoms with Gasteiger partial charge in [0.15, 0.2) is 17.3 Å². The molecule has 0 bridgehead atoms. The third-order valence-corrected chi connectivity index (χ3v) is 6.46. The third-order valence-electron chi connectivity index (χ3n) is 4.14. The second kappa shape index (κ2) is 8.58. The van der Waals surface area contributed by atoms with Crippen LogP contribution in [0.15, 0.2) is 45.7 Å². The van der Waals surface area contributed by atoms with Gasteiger partial charge in [0.05, 0.1) is 17.0 Å². The van der Waals surface area contributed by atoms with Gasteiger partial charge in [-0.05, 0) is 55.5 Å². The molecule has 0 spiro atoms. The summed E-state index contributed by atoms with van der Waals surface area (Å²) >= 11 is 8.31. The molecule has 31 heavy (non-hydrogen) atoms. The zero-order valence-corrected chi connectivity index (χ0v) is 20.3. The monoisotopic (exact) mass is 583 g/mol. The third kappa shape index (κ3) is 4.98. The Hall–Kier alpha value is -1.86. The van der Waals surface area contributed by atoms with Crippen LogP contribution in [0.3, 0.4) is 0 Å². The van der Waals surface area contributed by atoms with Gasteiger partial charge < -0.3 is 9.64 Å². The van der Waals surface area contributed by atoms with Crippen molar-refractivity contribution < 1.29 is 26.7 Å². The summed E-state index contributed by atoms with van der Waals surface area (Å²) in [6.07, 6.45) is -0.394. The van der Waals surface area contributed by atoms with Crippen molar-refractivity contribution in [2.45, 2.75) is 27.2 Å². The summed E-state index contributed by atoms with van der Waals surface area (Å²) in [5, 5.41) is 0.0878. The lowest BCUT2D eigenvalue weighted by Crippen LogP contribution is -2.42. The Morgan fingerprint density at radius 2 is 2.00 bits per heavy atom. The first-order chi connectivity index (χ1) is 14.3. The van der Waals surface area contributed by atoms with E-state index in [0.717, 1.165) is 8.47 Å². The molecule has 0 radical (unpaired) electrons. The first kappa shape index (κ1) is 23.8. The Balaban J connectivity index is 2.28. The fourth-order valence-corrected chi connectivity index (χ4v) is 5.01. The van der Waals surface area contributed by atoms with Crippen LogP contribution in [0.25, 0.3) is 4.91 Å². The number of esters is 1. The summed E-state index contributed by atoms with van der Waals surface area (Å²) in [6, 6.07) is 4.62. The predicted molar refractivity (Wildman–Crippen MR) is 122 cm³/mol. The average Bonchev–Trinajstić information content (AvgIpc) is 2.62. The van der Waals surface area contributed by atoms with Crippen LogP contribution >= 0.6 is 34.2 Å². The van der Waals surface area contributed by atoms with Crippen molar-refractivity contribution in [2.75, 3.05) is 6.54 Å². The van der Waals surface area contributed by atoms with Crippen LogP contribution in [0.2, 0.25) is 5.02 Å². The smallest absolute Gasteiger partial charge is 0.316 e. The summed E-state index contributed by atoms with van der Waals surface area (Å²) in [7, 11) is -4.49. The number of carbonyl (C=O) groups excluding carboxylic acids is 1. The van der Waals surface area contributed by atoms with Crippen molar-refractivity contribution in [1.29, 1.82) is 0 Å². The van der Waals surface area contributed by atoms with E-state index in [1.165, 1.54) is 24.5 Å². The van der Waals surface area contributed by atoms with Crippen molar-refractivity contribution >= 4 is 66.6 Å². The Morgan fingerprint density at radius 3 is 2.58 bits per heavy atom. The predicted octanol–water partition coefficient (Wildman–Crippen LogP) is 4.44. The number of halogens is 4. The number of rotatable bonds is 4. The molecule has 1 aromatic rings. The Kier molecular flexibility index (Phi) is 6.59. The van der Waals surface area contributed by atoms with Crippen LogP contribution in [0.1, 0.15) is 26.3 Å². The van der Waals surface area contributed by atoms with Crippen LogP contribution in [-0.2, 0) is 19.6 Å². The second-order valence-electron chi connectivity index (χ2n) is 7.63. The number of fused-ring (bicyclic) bond motifs is 1. The molecule has 0 unspecified atom stereocenters. The number of hydrogen-bond acceptors (Lipinski definition) is 6. The number of sulfonamides is 1. The highest BCUT2D eigenvalue weighted by Crippen LogP contribution is 2.38. The Bertz CT molecular complexity index is 1170. The Morgan fingerprint density at radius 1 is 1.32 bits per heavy atom. The molecule has 0 saturated carbocycles. The lowest BCUT2D eigenvalue weighted by Gasteiger charge is -2.30. The van der Waals surface area contributed by atoms with Crippen molar-refractivity contribution in [2.24, 2.45) is 14.8 Å². The average molecular weight is 584 g/mol. The largest absolute Gasteiger partial charge is 0.422 e. The highest BCUT2D eigenvalue weighted by Gasteiger charge is 2.41. The minimum Gasteiger partial charge on any atom is -0.422 e. The van der Waals surface area contributed by atoms with Gasteiger partial charge in [0.25, 0.3) is 16.4 Å². The number of carbonyl (C=O) groups is 1. The highest BCUT2D eigenvalue weighted by molar-refractivity contribution is 14.1. The van der Waals surface area contributed by atoms with Crippen LogP contribution in [-0.4, -0.2) is 43.8 Å². The van der Waals surface area contributed by atoms with Crippen LogP contribution in [0, 0.1) is 8.99 Å². The van der Waals surface area contributed by atoms with Gasteiger partial charge >= 0.3 is 5.97 Å². The summed E-state index contributed by atoms with van der Waals surface area (Å²) in [4.78, 5) is 17.2. The fraction of sp³-hybridized carbons (Fsp3) is 0.316. The van der Waals surface area contributed by atoms with E-state index >= 15 is 0 Å². The molecule has 0 aliphatic carbocycles. The number of ether oxygens (including phenoxy) is 1. The first-order valence-electron chi connectivity index (χ1n) is 8.88. The van der Waals surface area contributed by atoms with Gasteiger partial charge in [-0.2, -0.15) is 8.42 Å². The van der Waals surface area contributed by atoms with E-state index < -0.39 is 45.0 Å². The van der Waals surface area contributed by atoms with Gasteiger partial charge in [-0.25, -0.2) is 13.8 Å². The lowest BCUT2D eigenvalue weighted by molar-refractivity contribution is -0.147. The maximum atomic E-state index is 13.2. The number of hydrogen-bond donors (Lipinski definition) is 0. The molecule has 1 aromatic carbocycles. The highest BCUT2D eigenvalue weighted by atomic mass is 127. The molecule has 0 atom stereocenters. The minimum atomic E-state index is -4.49. The molecule has 166 valence electrons. The molecule has 12 heteroatoms. The van der Waals surface area contributed by atoms with Gasteiger partial charge in [0, 0.05) is 21.5 Å². The van der Waals surface area contributed by atoms with E-state index in [2.05, 4.69) is 9.39 Å². The summed E-state index contributed by atoms with van der Waals surface area (Å²) < 4.78 is 62.3. The van der Waals surface area contributed by atoms with Gasteiger partial charge in [-0.15, -0.1) is 4.40 Å². The van der Waals surface area contributed by atoms with Crippen LogP contribution in [0.4, 0.5) is 8.78 Å². The van der Waals surface area contributed by atoms with Crippen LogP contribution in [0.5, 0.6) is 0 Å². The molecule has 0 N–H and O–H groups in total. The number of alkyl halides is 2. The second-order valence-corrected chi connectivity index (χ2v) is 10.8. The number of aliphatic imine (C=N–C) groups is 1. The zero-order valence-electron chi connectivity index (χ0n) is 16.6. The summed E-state index contributed by atoms with van der Waals surface area (Å²) in [5.74, 6) is -1.50. The van der Waals surface area contributed by atoms with Gasteiger partial charge in [-0.1, -0.05) is 17.7 Å². The van der Waals surface area contributed by atoms with Crippen molar-refractivity contribution in [3.63, 3.8) is 0 Å². The van der Waals surface area contributed by atoms with E-state index in [4.69, 9.17) is 16.3 Å². The molecule has 2 heterocycles. The van der Waals surface area contributed by atoms with Crippen molar-refractivity contribution in [3.05, 3.63) is 50.5 Å². The van der Waals surface area contributed by atoms with E-state index in [1.807, 2.05) is 22.6 Å². The van der Waals surface area contributed by atoms with E-state index in [-0.39, 0.29) is 22.1 Å². The molecule has 3 rings (SSSR count). The topological polar surface area (TPSA) is 88.4 Å². The molecule has 7 nitrogen and oxygen atoms in total. The quantitative estimate of drug-likeness (QED) is 0.386. The van der Waals surface area contributed by atoms with Gasteiger partial charge in [0.1, 0.15) is 4.91 Å². The maximum absolute atomic E-state index is 13.2. The molecular formula is C19H17ClF2IN3O4S. The van der Waals surface area contributed by atoms with E-state index in [0.29, 0.717) is 0 Å². The molecule has 0 fully saturated rings. The van der Waals surface area contributed by atoms with Crippen molar-refractivity contribution in [1.82, 2.24) is 4.90 Å². The molecule has 0 saturated heterocycles. The zero-order chi connectivity index (χ0) is 23.1. The SMILES string of the molecule is CC(C)(C)C(=O)OC1=C(c2ccc(I)cc2Cl)S(=O)(=O)N=C2C1=NC=CN2CC(F)F. The maximum Gasteiger partial charge on any atom is 0.316 e.